The van der Waals surface area contributed by atoms with E-state index >= 15 is 0 Å². The van der Waals surface area contributed by atoms with Crippen LogP contribution >= 0.6 is 11.8 Å². The average Bonchev–Trinajstić information content (AvgIpc) is 2.43. The van der Waals surface area contributed by atoms with E-state index in [1.807, 2.05) is 24.9 Å². The molecule has 0 aliphatic carbocycles. The van der Waals surface area contributed by atoms with Gasteiger partial charge < -0.3 is 15.0 Å². The van der Waals surface area contributed by atoms with Gasteiger partial charge in [0, 0.05) is 33.3 Å². The summed E-state index contributed by atoms with van der Waals surface area (Å²) in [6.07, 6.45) is 3.27. The van der Waals surface area contributed by atoms with Crippen molar-refractivity contribution >= 4 is 23.4 Å². The lowest BCUT2D eigenvalue weighted by molar-refractivity contribution is 0.178. The van der Waals surface area contributed by atoms with Crippen molar-refractivity contribution in [1.29, 1.82) is 0 Å². The summed E-state index contributed by atoms with van der Waals surface area (Å²) in [5.74, 6) is 3.61. The van der Waals surface area contributed by atoms with Gasteiger partial charge in [-0.3, -0.25) is 0 Å². The zero-order valence-electron chi connectivity index (χ0n) is 12.4. The first-order valence-corrected chi connectivity index (χ1v) is 7.78. The summed E-state index contributed by atoms with van der Waals surface area (Å²) in [4.78, 5) is 11.1. The van der Waals surface area contributed by atoms with Crippen LogP contribution in [0.1, 0.15) is 19.2 Å². The van der Waals surface area contributed by atoms with Crippen LogP contribution in [0.25, 0.3) is 0 Å². The van der Waals surface area contributed by atoms with Crippen LogP contribution in [0.4, 0.5) is 11.6 Å². The highest BCUT2D eigenvalue weighted by atomic mass is 32.2. The summed E-state index contributed by atoms with van der Waals surface area (Å²) in [7, 11) is 5.59. The van der Waals surface area contributed by atoms with E-state index in [0.29, 0.717) is 18.5 Å². The molecule has 0 radical (unpaired) electrons. The molecule has 108 valence electrons. The predicted octanol–water partition coefficient (Wildman–Crippen LogP) is 2.24. The summed E-state index contributed by atoms with van der Waals surface area (Å²) in [5.41, 5.74) is 0. The van der Waals surface area contributed by atoms with Crippen LogP contribution in [0.5, 0.6) is 0 Å². The fourth-order valence-electron chi connectivity index (χ4n) is 1.69. The molecule has 0 aliphatic rings. The van der Waals surface area contributed by atoms with Crippen LogP contribution in [0.15, 0.2) is 6.07 Å². The van der Waals surface area contributed by atoms with E-state index in [0.717, 1.165) is 23.8 Å². The Bertz CT molecular complexity index is 389. The van der Waals surface area contributed by atoms with Gasteiger partial charge in [0.1, 0.15) is 18.2 Å². The third-order valence-electron chi connectivity index (χ3n) is 3.05. The second-order valence-electron chi connectivity index (χ2n) is 4.45. The molecule has 0 spiro atoms. The van der Waals surface area contributed by atoms with E-state index in [2.05, 4.69) is 40.4 Å². The maximum atomic E-state index is 5.11. The molecule has 5 nitrogen and oxygen atoms in total. The molecular weight excluding hydrogens is 260 g/mol. The molecule has 0 aliphatic heterocycles. The molecule has 19 heavy (non-hydrogen) atoms. The maximum absolute atomic E-state index is 5.11. The number of hydrogen-bond acceptors (Lipinski definition) is 6. The first kappa shape index (κ1) is 16.0. The van der Waals surface area contributed by atoms with E-state index in [1.54, 1.807) is 7.11 Å². The molecular formula is C13H24N4OS. The van der Waals surface area contributed by atoms with E-state index in [4.69, 9.17) is 4.74 Å². The van der Waals surface area contributed by atoms with E-state index in [1.165, 1.54) is 0 Å². The van der Waals surface area contributed by atoms with Gasteiger partial charge in [0.15, 0.2) is 5.82 Å². The van der Waals surface area contributed by atoms with Gasteiger partial charge in [-0.1, -0.05) is 0 Å². The fourth-order valence-corrected chi connectivity index (χ4v) is 2.27. The van der Waals surface area contributed by atoms with Crippen molar-refractivity contribution in [3.63, 3.8) is 0 Å². The molecule has 0 fully saturated rings. The molecule has 0 aromatic carbocycles. The number of nitrogens with zero attached hydrogens (tertiary/aromatic N) is 3. The number of thioether (sulfide) groups is 1. The Kier molecular flexibility index (Phi) is 6.94. The lowest BCUT2D eigenvalue weighted by Crippen LogP contribution is -2.30. The van der Waals surface area contributed by atoms with Gasteiger partial charge in [0.05, 0.1) is 0 Å². The highest BCUT2D eigenvalue weighted by Crippen LogP contribution is 2.18. The van der Waals surface area contributed by atoms with Gasteiger partial charge in [-0.2, -0.15) is 11.8 Å². The van der Waals surface area contributed by atoms with Crippen LogP contribution in [-0.2, 0) is 11.3 Å². The zero-order chi connectivity index (χ0) is 14.3. The number of nitrogens with one attached hydrogen (secondary N) is 1. The molecule has 0 amide bonds. The molecule has 1 N–H and O–H groups in total. The third kappa shape index (κ3) is 4.87. The molecule has 6 heteroatoms. The largest absolute Gasteiger partial charge is 0.377 e. The molecule has 1 unspecified atom stereocenters. The lowest BCUT2D eigenvalue weighted by Gasteiger charge is -2.26. The standard InChI is InChI=1S/C13H24N4OS/c1-10(6-7-19-5)17(3)13-8-11(14-2)15-12(16-13)9-18-4/h8,10H,6-7,9H2,1-5H3,(H,14,15,16). The van der Waals surface area contributed by atoms with Crippen molar-refractivity contribution in [3.05, 3.63) is 11.9 Å². The first-order valence-electron chi connectivity index (χ1n) is 6.38. The fraction of sp³-hybridized carbons (Fsp3) is 0.692. The molecule has 0 bridgehead atoms. The number of anilines is 2. The van der Waals surface area contributed by atoms with Crippen LogP contribution in [0.2, 0.25) is 0 Å². The number of rotatable bonds is 8. The SMILES string of the molecule is CNc1cc(N(C)C(C)CCSC)nc(COC)n1. The van der Waals surface area contributed by atoms with Gasteiger partial charge in [0.2, 0.25) is 0 Å². The van der Waals surface area contributed by atoms with Gasteiger partial charge in [-0.25, -0.2) is 9.97 Å². The van der Waals surface area contributed by atoms with Gasteiger partial charge in [0.25, 0.3) is 0 Å². The van der Waals surface area contributed by atoms with E-state index < -0.39 is 0 Å². The molecule has 0 saturated carbocycles. The van der Waals surface area contributed by atoms with Crippen molar-refractivity contribution in [2.45, 2.75) is 26.0 Å². The smallest absolute Gasteiger partial charge is 0.158 e. The van der Waals surface area contributed by atoms with Crippen LogP contribution in [0.3, 0.4) is 0 Å². The van der Waals surface area contributed by atoms with Crippen molar-refractivity contribution in [2.75, 3.05) is 43.4 Å². The normalized spacial score (nSPS) is 12.3. The minimum Gasteiger partial charge on any atom is -0.377 e. The molecule has 1 heterocycles. The van der Waals surface area contributed by atoms with E-state index in [-0.39, 0.29) is 0 Å². The third-order valence-corrected chi connectivity index (χ3v) is 3.69. The molecule has 1 rings (SSSR count). The summed E-state index contributed by atoms with van der Waals surface area (Å²) in [6, 6.07) is 2.41. The summed E-state index contributed by atoms with van der Waals surface area (Å²) in [5, 5.41) is 3.07. The van der Waals surface area contributed by atoms with Crippen molar-refractivity contribution in [2.24, 2.45) is 0 Å². The summed E-state index contributed by atoms with van der Waals surface area (Å²) >= 11 is 1.87. The minimum atomic E-state index is 0.426. The minimum absolute atomic E-state index is 0.426. The second-order valence-corrected chi connectivity index (χ2v) is 5.44. The van der Waals surface area contributed by atoms with Gasteiger partial charge >= 0.3 is 0 Å². The summed E-state index contributed by atoms with van der Waals surface area (Å²) in [6.45, 7) is 2.64. The quantitative estimate of drug-likeness (QED) is 0.790. The topological polar surface area (TPSA) is 50.3 Å². The van der Waals surface area contributed by atoms with E-state index in [9.17, 15) is 0 Å². The highest BCUT2D eigenvalue weighted by molar-refractivity contribution is 7.98. The predicted molar refractivity (Wildman–Crippen MR) is 83.2 cm³/mol. The van der Waals surface area contributed by atoms with Crippen molar-refractivity contribution in [3.8, 4) is 0 Å². The second kappa shape index (κ2) is 8.22. The molecule has 0 saturated heterocycles. The van der Waals surface area contributed by atoms with Crippen molar-refractivity contribution < 1.29 is 4.74 Å². The Morgan fingerprint density at radius 1 is 1.47 bits per heavy atom. The number of methoxy groups -OCH3 is 1. The Balaban J connectivity index is 2.87. The molecule has 1 atom stereocenters. The van der Waals surface area contributed by atoms with Crippen molar-refractivity contribution in [1.82, 2.24) is 9.97 Å². The monoisotopic (exact) mass is 284 g/mol. The van der Waals surface area contributed by atoms with Crippen LogP contribution in [-0.4, -0.2) is 49.2 Å². The lowest BCUT2D eigenvalue weighted by atomic mass is 10.2. The number of aromatic nitrogens is 2. The Hall–Kier alpha value is -1.01. The average molecular weight is 284 g/mol. The van der Waals surface area contributed by atoms with Gasteiger partial charge in [-0.05, 0) is 25.4 Å². The number of ether oxygens (including phenoxy) is 1. The van der Waals surface area contributed by atoms with Crippen LogP contribution < -0.4 is 10.2 Å². The molecule has 1 aromatic rings. The van der Waals surface area contributed by atoms with Crippen LogP contribution in [0, 0.1) is 0 Å². The Labute approximate surface area is 120 Å². The molecule has 1 aromatic heterocycles. The zero-order valence-corrected chi connectivity index (χ0v) is 13.3. The maximum Gasteiger partial charge on any atom is 0.158 e. The first-order chi connectivity index (χ1) is 9.12. The highest BCUT2D eigenvalue weighted by Gasteiger charge is 2.13. The van der Waals surface area contributed by atoms with Gasteiger partial charge in [-0.15, -0.1) is 0 Å². The Morgan fingerprint density at radius 3 is 2.79 bits per heavy atom. The number of hydrogen-bond donors (Lipinski definition) is 1. The Morgan fingerprint density at radius 2 is 2.21 bits per heavy atom. The summed E-state index contributed by atoms with van der Waals surface area (Å²) < 4.78 is 5.11.